The third kappa shape index (κ3) is 3.63. The molecule has 0 atom stereocenters. The van der Waals surface area contributed by atoms with Crippen LogP contribution in [0.25, 0.3) is 16.8 Å². The molecule has 0 aliphatic rings. The van der Waals surface area contributed by atoms with Gasteiger partial charge in [0.05, 0.1) is 6.61 Å². The number of tetrazole rings is 1. The normalized spacial score (nSPS) is 10.9. The molecule has 1 N–H and O–H groups in total. The van der Waals surface area contributed by atoms with Crippen molar-refractivity contribution in [2.75, 3.05) is 11.9 Å². The summed E-state index contributed by atoms with van der Waals surface area (Å²) in [6.07, 6.45) is 3.04. The number of halogens is 1. The lowest BCUT2D eigenvalue weighted by Gasteiger charge is -2.07. The molecule has 1 amide bonds. The van der Waals surface area contributed by atoms with Crippen molar-refractivity contribution < 1.29 is 13.9 Å². The van der Waals surface area contributed by atoms with Gasteiger partial charge in [-0.1, -0.05) is 6.07 Å². The number of carbonyl (C=O) groups is 1. The number of nitrogens with one attached hydrogen (secondary N) is 1. The smallest absolute Gasteiger partial charge is 0.249 e. The predicted molar refractivity (Wildman–Crippen MR) is 96.0 cm³/mol. The molecule has 0 bridgehead atoms. The van der Waals surface area contributed by atoms with Crippen LogP contribution < -0.4 is 10.1 Å². The zero-order valence-electron chi connectivity index (χ0n) is 14.8. The summed E-state index contributed by atoms with van der Waals surface area (Å²) in [6.45, 7) is 2.13. The van der Waals surface area contributed by atoms with E-state index < -0.39 is 5.82 Å². The first kappa shape index (κ1) is 17.5. The van der Waals surface area contributed by atoms with Crippen LogP contribution in [0.1, 0.15) is 6.92 Å². The Labute approximate surface area is 158 Å². The molecule has 0 fully saturated rings. The molecule has 4 rings (SSSR count). The molecule has 142 valence electrons. The highest BCUT2D eigenvalue weighted by atomic mass is 19.1. The summed E-state index contributed by atoms with van der Waals surface area (Å²) < 4.78 is 22.1. The largest absolute Gasteiger partial charge is 0.491 e. The first-order chi connectivity index (χ1) is 13.6. The summed E-state index contributed by atoms with van der Waals surface area (Å²) in [4.78, 5) is 16.2. The lowest BCUT2D eigenvalue weighted by molar-refractivity contribution is -0.117. The van der Waals surface area contributed by atoms with Crippen LogP contribution in [0.4, 0.5) is 10.3 Å². The SMILES string of the molecule is CCOc1ccc(-c2ccc3nc(NC(=O)Cn4cnnn4)nn3c2)cc1F. The Bertz CT molecular complexity index is 1130. The maximum absolute atomic E-state index is 14.1. The van der Waals surface area contributed by atoms with Gasteiger partial charge in [0, 0.05) is 11.8 Å². The van der Waals surface area contributed by atoms with Crippen LogP contribution in [0.2, 0.25) is 0 Å². The Balaban J connectivity index is 1.54. The lowest BCUT2D eigenvalue weighted by atomic mass is 10.1. The number of fused-ring (bicyclic) bond motifs is 1. The summed E-state index contributed by atoms with van der Waals surface area (Å²) in [5.41, 5.74) is 1.95. The fourth-order valence-electron chi connectivity index (χ4n) is 2.62. The molecule has 0 aliphatic carbocycles. The Morgan fingerprint density at radius 2 is 2.11 bits per heavy atom. The molecule has 0 saturated carbocycles. The van der Waals surface area contributed by atoms with E-state index in [1.807, 2.05) is 0 Å². The van der Waals surface area contributed by atoms with Crippen LogP contribution in [0.5, 0.6) is 5.75 Å². The predicted octanol–water partition coefficient (Wildman–Crippen LogP) is 1.56. The van der Waals surface area contributed by atoms with Gasteiger partial charge in [0.25, 0.3) is 0 Å². The first-order valence-corrected chi connectivity index (χ1v) is 8.42. The molecule has 1 aromatic carbocycles. The molecule has 3 aromatic heterocycles. The van der Waals surface area contributed by atoms with E-state index in [1.54, 1.807) is 37.4 Å². The fraction of sp³-hybridized carbons (Fsp3) is 0.176. The second-order valence-electron chi connectivity index (χ2n) is 5.79. The van der Waals surface area contributed by atoms with E-state index in [9.17, 15) is 9.18 Å². The van der Waals surface area contributed by atoms with Crippen LogP contribution in [-0.4, -0.2) is 47.3 Å². The topological polar surface area (TPSA) is 112 Å². The summed E-state index contributed by atoms with van der Waals surface area (Å²) in [5, 5.41) is 17.4. The number of nitrogens with zero attached hydrogens (tertiary/aromatic N) is 7. The second-order valence-corrected chi connectivity index (χ2v) is 5.79. The zero-order valence-corrected chi connectivity index (χ0v) is 14.8. The Morgan fingerprint density at radius 1 is 1.25 bits per heavy atom. The Kier molecular flexibility index (Phi) is 4.62. The zero-order chi connectivity index (χ0) is 19.5. The van der Waals surface area contributed by atoms with Gasteiger partial charge < -0.3 is 4.74 Å². The van der Waals surface area contributed by atoms with Gasteiger partial charge in [-0.3, -0.25) is 10.1 Å². The molecule has 0 radical (unpaired) electrons. The summed E-state index contributed by atoms with van der Waals surface area (Å²) >= 11 is 0. The number of rotatable bonds is 6. The number of carbonyl (C=O) groups excluding carboxylic acids is 1. The van der Waals surface area contributed by atoms with Crippen LogP contribution in [0.15, 0.2) is 42.9 Å². The van der Waals surface area contributed by atoms with Gasteiger partial charge in [-0.15, -0.1) is 10.2 Å². The minimum Gasteiger partial charge on any atom is -0.491 e. The molecule has 4 aromatic rings. The number of hydrogen-bond donors (Lipinski definition) is 1. The maximum atomic E-state index is 14.1. The molecule has 0 spiro atoms. The van der Waals surface area contributed by atoms with E-state index in [4.69, 9.17) is 4.74 Å². The fourth-order valence-corrected chi connectivity index (χ4v) is 2.62. The van der Waals surface area contributed by atoms with Crippen molar-refractivity contribution in [3.8, 4) is 16.9 Å². The number of hydrogen-bond acceptors (Lipinski definition) is 7. The van der Waals surface area contributed by atoms with E-state index in [-0.39, 0.29) is 24.1 Å². The quantitative estimate of drug-likeness (QED) is 0.538. The van der Waals surface area contributed by atoms with E-state index in [1.165, 1.54) is 21.6 Å². The molecule has 28 heavy (non-hydrogen) atoms. The number of benzene rings is 1. The minimum atomic E-state index is -0.436. The van der Waals surface area contributed by atoms with E-state index in [0.29, 0.717) is 17.8 Å². The van der Waals surface area contributed by atoms with Gasteiger partial charge in [-0.05, 0) is 47.2 Å². The average molecular weight is 382 g/mol. The number of amides is 1. The van der Waals surface area contributed by atoms with Crippen molar-refractivity contribution >= 4 is 17.5 Å². The van der Waals surface area contributed by atoms with Crippen molar-refractivity contribution in [3.05, 3.63) is 48.7 Å². The first-order valence-electron chi connectivity index (χ1n) is 8.42. The molecular formula is C17H15FN8O2. The van der Waals surface area contributed by atoms with Gasteiger partial charge in [0.2, 0.25) is 11.9 Å². The molecule has 10 nitrogen and oxygen atoms in total. The van der Waals surface area contributed by atoms with Crippen LogP contribution in [0, 0.1) is 5.82 Å². The minimum absolute atomic E-state index is 0.0563. The molecule has 0 aliphatic heterocycles. The van der Waals surface area contributed by atoms with Crippen molar-refractivity contribution in [1.82, 2.24) is 34.8 Å². The highest BCUT2D eigenvalue weighted by Crippen LogP contribution is 2.26. The second kappa shape index (κ2) is 7.39. The average Bonchev–Trinajstić information content (AvgIpc) is 3.31. The van der Waals surface area contributed by atoms with Crippen LogP contribution >= 0.6 is 0 Å². The standard InChI is InChI=1S/C17H15FN8O2/c1-2-28-14-5-3-11(7-13(14)18)12-4-6-15-20-17(22-26(15)8-12)21-16(27)9-25-10-19-23-24-25/h3-8,10H,2,9H2,1H3,(H,21,22,27). The van der Waals surface area contributed by atoms with Gasteiger partial charge >= 0.3 is 0 Å². The van der Waals surface area contributed by atoms with Crippen molar-refractivity contribution in [2.45, 2.75) is 13.5 Å². The molecule has 3 heterocycles. The summed E-state index contributed by atoms with van der Waals surface area (Å²) in [7, 11) is 0. The number of aromatic nitrogens is 7. The number of anilines is 1. The summed E-state index contributed by atoms with van der Waals surface area (Å²) in [6, 6.07) is 8.28. The van der Waals surface area contributed by atoms with Gasteiger partial charge in [-0.25, -0.2) is 13.6 Å². The third-order valence-electron chi connectivity index (χ3n) is 3.84. The highest BCUT2D eigenvalue weighted by molar-refractivity contribution is 5.88. The van der Waals surface area contributed by atoms with Crippen molar-refractivity contribution in [3.63, 3.8) is 0 Å². The lowest BCUT2D eigenvalue weighted by Crippen LogP contribution is -2.19. The van der Waals surface area contributed by atoms with Gasteiger partial charge in [0.15, 0.2) is 17.2 Å². The van der Waals surface area contributed by atoms with Crippen LogP contribution in [0.3, 0.4) is 0 Å². The number of pyridine rings is 1. The van der Waals surface area contributed by atoms with E-state index >= 15 is 0 Å². The van der Waals surface area contributed by atoms with Crippen molar-refractivity contribution in [2.24, 2.45) is 0 Å². The van der Waals surface area contributed by atoms with E-state index in [0.717, 1.165) is 5.56 Å². The van der Waals surface area contributed by atoms with E-state index in [2.05, 4.69) is 30.9 Å². The van der Waals surface area contributed by atoms with Crippen molar-refractivity contribution in [1.29, 1.82) is 0 Å². The van der Waals surface area contributed by atoms with Crippen LogP contribution in [-0.2, 0) is 11.3 Å². The summed E-state index contributed by atoms with van der Waals surface area (Å²) in [5.74, 6) is -0.445. The molecule has 0 saturated heterocycles. The van der Waals surface area contributed by atoms with Gasteiger partial charge in [-0.2, -0.15) is 4.98 Å². The highest BCUT2D eigenvalue weighted by Gasteiger charge is 2.11. The third-order valence-corrected chi connectivity index (χ3v) is 3.84. The molecular weight excluding hydrogens is 367 g/mol. The monoisotopic (exact) mass is 382 g/mol. The van der Waals surface area contributed by atoms with Gasteiger partial charge in [0.1, 0.15) is 12.9 Å². The molecule has 11 heteroatoms. The Hall–Kier alpha value is -3.89. The Morgan fingerprint density at radius 3 is 2.86 bits per heavy atom. The maximum Gasteiger partial charge on any atom is 0.249 e. The number of ether oxygens (including phenoxy) is 1. The molecule has 0 unspecified atom stereocenters.